The Morgan fingerprint density at radius 3 is 2.12 bits per heavy atom. The number of hydrogen-bond donors (Lipinski definition) is 1. The van der Waals surface area contributed by atoms with Crippen LogP contribution in [0.3, 0.4) is 0 Å². The summed E-state index contributed by atoms with van der Waals surface area (Å²) in [6.07, 6.45) is 2.48. The second kappa shape index (κ2) is 7.79. The molecule has 0 aromatic carbocycles. The maximum atomic E-state index is 10.9. The predicted octanol–water partition coefficient (Wildman–Crippen LogP) is 1.36. The first-order valence-corrected chi connectivity index (χ1v) is 7.92. The van der Waals surface area contributed by atoms with Gasteiger partial charge in [-0.1, -0.05) is 12.2 Å². The van der Waals surface area contributed by atoms with Crippen molar-refractivity contribution in [1.82, 2.24) is 0 Å². The van der Waals surface area contributed by atoms with Crippen LogP contribution in [-0.4, -0.2) is 67.6 Å². The molecule has 0 amide bonds. The van der Waals surface area contributed by atoms with E-state index in [-0.39, 0.29) is 25.4 Å². The molecule has 2 aliphatic heterocycles. The fraction of sp³-hybridized carbons (Fsp3) is 0.812. The lowest BCUT2D eigenvalue weighted by atomic mass is 10.0. The molecule has 2 saturated heterocycles. The van der Waals surface area contributed by atoms with Gasteiger partial charge < -0.3 is 33.5 Å². The van der Waals surface area contributed by atoms with Gasteiger partial charge in [-0.15, -0.1) is 0 Å². The molecule has 3 unspecified atom stereocenters. The van der Waals surface area contributed by atoms with E-state index < -0.39 is 23.8 Å². The zero-order valence-electron chi connectivity index (χ0n) is 14.5. The van der Waals surface area contributed by atoms with Gasteiger partial charge in [-0.25, -0.2) is 4.79 Å². The molecule has 2 rings (SSSR count). The Bertz CT molecular complexity index is 459. The number of carbonyl (C=O) groups is 1. The molecule has 2 aliphatic rings. The lowest BCUT2D eigenvalue weighted by Crippen LogP contribution is -2.32. The number of cyclic esters (lactones) is 2. The lowest BCUT2D eigenvalue weighted by Gasteiger charge is -2.27. The van der Waals surface area contributed by atoms with Crippen LogP contribution in [0.4, 0.5) is 4.79 Å². The third kappa shape index (κ3) is 6.37. The van der Waals surface area contributed by atoms with E-state index in [1.807, 2.05) is 39.8 Å². The van der Waals surface area contributed by atoms with E-state index in [1.54, 1.807) is 0 Å². The Morgan fingerprint density at radius 2 is 1.67 bits per heavy atom. The van der Waals surface area contributed by atoms with Crippen molar-refractivity contribution in [3.63, 3.8) is 0 Å². The summed E-state index contributed by atoms with van der Waals surface area (Å²) in [5.74, 6) is 0. The first kappa shape index (κ1) is 19.1. The number of rotatable bonds is 8. The Hall–Kier alpha value is -1.19. The van der Waals surface area contributed by atoms with Gasteiger partial charge in [-0.3, -0.25) is 0 Å². The van der Waals surface area contributed by atoms with Gasteiger partial charge in [0.15, 0.2) is 6.10 Å². The van der Waals surface area contributed by atoms with Crippen molar-refractivity contribution in [2.24, 2.45) is 0 Å². The highest BCUT2D eigenvalue weighted by Crippen LogP contribution is 2.20. The minimum absolute atomic E-state index is 0.211. The first-order chi connectivity index (χ1) is 11.2. The van der Waals surface area contributed by atoms with Crippen molar-refractivity contribution >= 4 is 6.16 Å². The predicted molar refractivity (Wildman–Crippen MR) is 82.3 cm³/mol. The van der Waals surface area contributed by atoms with E-state index in [2.05, 4.69) is 0 Å². The Morgan fingerprint density at radius 1 is 1.08 bits per heavy atom. The van der Waals surface area contributed by atoms with Crippen molar-refractivity contribution in [2.45, 2.75) is 57.6 Å². The van der Waals surface area contributed by atoms with E-state index in [9.17, 15) is 4.79 Å². The highest BCUT2D eigenvalue weighted by molar-refractivity contribution is 5.61. The van der Waals surface area contributed by atoms with Crippen LogP contribution in [0, 0.1) is 0 Å². The van der Waals surface area contributed by atoms with E-state index in [0.717, 1.165) is 0 Å². The van der Waals surface area contributed by atoms with Gasteiger partial charge in [0.2, 0.25) is 0 Å². The summed E-state index contributed by atoms with van der Waals surface area (Å²) in [7, 11) is 0. The summed E-state index contributed by atoms with van der Waals surface area (Å²) >= 11 is 0. The van der Waals surface area contributed by atoms with Gasteiger partial charge in [-0.05, 0) is 27.7 Å². The van der Waals surface area contributed by atoms with Gasteiger partial charge >= 0.3 is 6.16 Å². The number of ether oxygens (including phenoxy) is 6. The molecule has 8 heteroatoms. The molecule has 0 aliphatic carbocycles. The van der Waals surface area contributed by atoms with E-state index >= 15 is 0 Å². The number of aliphatic hydroxyl groups is 1. The van der Waals surface area contributed by atoms with Crippen molar-refractivity contribution in [1.29, 1.82) is 0 Å². The number of hydrogen-bond acceptors (Lipinski definition) is 8. The zero-order chi connectivity index (χ0) is 17.8. The SMILES string of the molecule is CC(C)(/C=C/C(C)(C)OCC1COC(O)O1)OCC1COC(=O)O1. The third-order valence-corrected chi connectivity index (χ3v) is 3.55. The topological polar surface area (TPSA) is 92.7 Å². The van der Waals surface area contributed by atoms with E-state index in [4.69, 9.17) is 33.5 Å². The quantitative estimate of drug-likeness (QED) is 0.520. The molecule has 0 bridgehead atoms. The van der Waals surface area contributed by atoms with Gasteiger partial charge in [0.05, 0.1) is 31.0 Å². The highest BCUT2D eigenvalue weighted by atomic mass is 16.8. The van der Waals surface area contributed by atoms with Gasteiger partial charge in [0, 0.05) is 0 Å². The van der Waals surface area contributed by atoms with Crippen LogP contribution >= 0.6 is 0 Å². The number of carbonyl (C=O) groups excluding carboxylic acids is 1. The molecule has 138 valence electrons. The van der Waals surface area contributed by atoms with Crippen molar-refractivity contribution < 1.29 is 38.3 Å². The summed E-state index contributed by atoms with van der Waals surface area (Å²) in [6.45, 7) is 7.55. The molecule has 8 nitrogen and oxygen atoms in total. The molecule has 0 spiro atoms. The second-order valence-electron chi connectivity index (χ2n) is 6.86. The molecular formula is C16H26O8. The summed E-state index contributed by atoms with van der Waals surface area (Å²) in [5, 5.41) is 9.13. The summed E-state index contributed by atoms with van der Waals surface area (Å²) in [5.41, 5.74) is -1.10. The first-order valence-electron chi connectivity index (χ1n) is 7.92. The van der Waals surface area contributed by atoms with E-state index in [0.29, 0.717) is 13.2 Å². The molecule has 1 N–H and O–H groups in total. The molecule has 2 fully saturated rings. The smallest absolute Gasteiger partial charge is 0.430 e. The number of aliphatic hydroxyl groups excluding tert-OH is 1. The van der Waals surface area contributed by atoms with E-state index in [1.165, 1.54) is 0 Å². The van der Waals surface area contributed by atoms with Gasteiger partial charge in [0.1, 0.15) is 12.7 Å². The molecule has 3 atom stereocenters. The fourth-order valence-electron chi connectivity index (χ4n) is 2.08. The lowest BCUT2D eigenvalue weighted by molar-refractivity contribution is -0.209. The molecule has 0 aromatic rings. The van der Waals surface area contributed by atoms with Crippen molar-refractivity contribution in [3.8, 4) is 0 Å². The van der Waals surface area contributed by atoms with Crippen LogP contribution in [0.5, 0.6) is 0 Å². The fourth-order valence-corrected chi connectivity index (χ4v) is 2.08. The summed E-state index contributed by atoms with van der Waals surface area (Å²) in [4.78, 5) is 10.9. The summed E-state index contributed by atoms with van der Waals surface area (Å²) in [6, 6.07) is 0. The minimum Gasteiger partial charge on any atom is -0.430 e. The van der Waals surface area contributed by atoms with Gasteiger partial charge in [0.25, 0.3) is 6.48 Å². The monoisotopic (exact) mass is 346 g/mol. The van der Waals surface area contributed by atoms with Crippen LogP contribution in [0.15, 0.2) is 12.2 Å². The van der Waals surface area contributed by atoms with Crippen LogP contribution in [0.2, 0.25) is 0 Å². The Labute approximate surface area is 141 Å². The third-order valence-electron chi connectivity index (χ3n) is 3.55. The standard InChI is InChI=1S/C16H26O8/c1-15(2,21-9-11-7-19-13(17)23-11)5-6-16(3,4)22-10-12-8-20-14(18)24-12/h5-6,11-13,17H,7-10H2,1-4H3/b6-5+. The van der Waals surface area contributed by atoms with Gasteiger partial charge in [-0.2, -0.15) is 0 Å². The normalized spacial score (nSPS) is 28.4. The highest BCUT2D eigenvalue weighted by Gasteiger charge is 2.29. The molecule has 0 saturated carbocycles. The van der Waals surface area contributed by atoms with Crippen molar-refractivity contribution in [3.05, 3.63) is 12.2 Å². The maximum absolute atomic E-state index is 10.9. The molecule has 2 heterocycles. The molecular weight excluding hydrogens is 320 g/mol. The van der Waals surface area contributed by atoms with Crippen LogP contribution in [-0.2, 0) is 28.4 Å². The van der Waals surface area contributed by atoms with Crippen LogP contribution < -0.4 is 0 Å². The van der Waals surface area contributed by atoms with Crippen LogP contribution in [0.25, 0.3) is 0 Å². The van der Waals surface area contributed by atoms with Crippen molar-refractivity contribution in [2.75, 3.05) is 26.4 Å². The Balaban J connectivity index is 1.74. The average Bonchev–Trinajstić information content (AvgIpc) is 3.10. The second-order valence-corrected chi connectivity index (χ2v) is 6.86. The summed E-state index contributed by atoms with van der Waals surface area (Å²) < 4.78 is 31.2. The minimum atomic E-state index is -1.17. The molecule has 24 heavy (non-hydrogen) atoms. The van der Waals surface area contributed by atoms with Crippen LogP contribution in [0.1, 0.15) is 27.7 Å². The Kier molecular flexibility index (Phi) is 6.22. The largest absolute Gasteiger partial charge is 0.508 e. The molecule has 0 radical (unpaired) electrons. The average molecular weight is 346 g/mol. The molecule has 0 aromatic heterocycles. The maximum Gasteiger partial charge on any atom is 0.508 e. The zero-order valence-corrected chi connectivity index (χ0v) is 14.5.